The van der Waals surface area contributed by atoms with E-state index >= 15 is 0 Å². The molecule has 0 spiro atoms. The first-order chi connectivity index (χ1) is 22.7. The summed E-state index contributed by atoms with van der Waals surface area (Å²) in [4.78, 5) is 0. The second-order valence-electron chi connectivity index (χ2n) is 11.5. The zero-order chi connectivity index (χ0) is 31.3. The maximum atomic E-state index is 11.7. The Morgan fingerprint density at radius 3 is 1.24 bits per heavy atom. The van der Waals surface area contributed by atoms with Crippen LogP contribution in [0.2, 0.25) is 0 Å². The third-order valence-electron chi connectivity index (χ3n) is 8.66. The van der Waals surface area contributed by atoms with E-state index in [4.69, 9.17) is 0 Å². The number of hydrogen-bond donors (Lipinski definition) is 2. The van der Waals surface area contributed by atoms with Gasteiger partial charge in [0.15, 0.2) is 0 Å². The van der Waals surface area contributed by atoms with Gasteiger partial charge in [-0.05, 0) is 72.8 Å². The summed E-state index contributed by atoms with van der Waals surface area (Å²) < 4.78 is 0. The average Bonchev–Trinajstić information content (AvgIpc) is 3.15. The minimum Gasteiger partial charge on any atom is -0.384 e. The second-order valence-corrected chi connectivity index (χ2v) is 11.5. The van der Waals surface area contributed by atoms with Gasteiger partial charge in [-0.25, -0.2) is 0 Å². The molecule has 7 aromatic rings. The fraction of sp³-hybridized carbons (Fsp3) is 0.0455. The fourth-order valence-corrected chi connectivity index (χ4v) is 6.19. The molecular weight excluding hydrogens is 560 g/mol. The molecule has 46 heavy (non-hydrogen) atoms. The molecule has 0 saturated carbocycles. The van der Waals surface area contributed by atoms with Crippen LogP contribution in [0.3, 0.4) is 0 Å². The van der Waals surface area contributed by atoms with Crippen LogP contribution in [0.4, 0.5) is 0 Å². The number of rotatable bonds is 8. The minimum atomic E-state index is -0.774. The Labute approximate surface area is 270 Å². The Morgan fingerprint density at radius 1 is 0.283 bits per heavy atom. The van der Waals surface area contributed by atoms with Crippen molar-refractivity contribution in [3.05, 3.63) is 204 Å². The minimum absolute atomic E-state index is 0.648. The molecule has 222 valence electrons. The summed E-state index contributed by atoms with van der Waals surface area (Å²) in [5.74, 6) is 0. The summed E-state index contributed by atoms with van der Waals surface area (Å²) in [5, 5.41) is 22.5. The number of hydrogen-bond acceptors (Lipinski definition) is 2. The van der Waals surface area contributed by atoms with Gasteiger partial charge in [0.25, 0.3) is 0 Å². The number of benzene rings is 7. The Kier molecular flexibility index (Phi) is 8.38. The molecule has 7 aromatic carbocycles. The van der Waals surface area contributed by atoms with Crippen molar-refractivity contribution in [2.75, 3.05) is 0 Å². The molecule has 0 aliphatic carbocycles. The van der Waals surface area contributed by atoms with Crippen molar-refractivity contribution < 1.29 is 10.2 Å². The van der Waals surface area contributed by atoms with E-state index in [0.29, 0.717) is 0 Å². The van der Waals surface area contributed by atoms with Gasteiger partial charge in [0.2, 0.25) is 0 Å². The molecule has 2 heteroatoms. The molecule has 2 nitrogen and oxygen atoms in total. The highest BCUT2D eigenvalue weighted by Crippen LogP contribution is 2.37. The van der Waals surface area contributed by atoms with Crippen LogP contribution in [0.1, 0.15) is 34.5 Å². The predicted octanol–water partition coefficient (Wildman–Crippen LogP) is 10.5. The van der Waals surface area contributed by atoms with Crippen LogP contribution >= 0.6 is 0 Å². The maximum Gasteiger partial charge on any atom is 0.105 e. The number of aliphatic hydroxyl groups is 2. The van der Waals surface area contributed by atoms with Gasteiger partial charge >= 0.3 is 0 Å². The van der Waals surface area contributed by atoms with Crippen LogP contribution < -0.4 is 0 Å². The molecule has 0 heterocycles. The van der Waals surface area contributed by atoms with Crippen LogP contribution in [-0.4, -0.2) is 10.2 Å². The topological polar surface area (TPSA) is 40.5 Å². The van der Waals surface area contributed by atoms with Gasteiger partial charge in [-0.3, -0.25) is 0 Å². The molecule has 0 amide bonds. The third-order valence-corrected chi connectivity index (χ3v) is 8.66. The molecule has 0 aromatic heterocycles. The molecule has 0 fully saturated rings. The fourth-order valence-electron chi connectivity index (χ4n) is 6.19. The van der Waals surface area contributed by atoms with Gasteiger partial charge in [-0.1, -0.05) is 176 Å². The summed E-state index contributed by atoms with van der Waals surface area (Å²) in [5.41, 5.74) is 12.2. The van der Waals surface area contributed by atoms with E-state index in [0.717, 1.165) is 66.8 Å². The molecule has 0 aliphatic rings. The molecule has 7 rings (SSSR count). The summed E-state index contributed by atoms with van der Waals surface area (Å²) in [6.45, 7) is 0. The van der Waals surface area contributed by atoms with Crippen molar-refractivity contribution in [3.8, 4) is 44.5 Å². The Balaban J connectivity index is 1.14. The Bertz CT molecular complexity index is 2050. The highest BCUT2D eigenvalue weighted by Gasteiger charge is 2.19. The molecule has 2 N–H and O–H groups in total. The van der Waals surface area contributed by atoms with Crippen molar-refractivity contribution >= 4 is 0 Å². The summed E-state index contributed by atoms with van der Waals surface area (Å²) in [6, 6.07) is 61.4. The Hall–Kier alpha value is -5.54. The van der Waals surface area contributed by atoms with E-state index < -0.39 is 12.2 Å². The van der Waals surface area contributed by atoms with Gasteiger partial charge < -0.3 is 10.2 Å². The van der Waals surface area contributed by atoms with E-state index in [-0.39, 0.29) is 0 Å². The monoisotopic (exact) mass is 594 g/mol. The first-order valence-corrected chi connectivity index (χ1v) is 15.6. The van der Waals surface area contributed by atoms with Crippen LogP contribution in [0.25, 0.3) is 44.5 Å². The molecule has 0 aliphatic heterocycles. The highest BCUT2D eigenvalue weighted by molar-refractivity contribution is 5.77. The summed E-state index contributed by atoms with van der Waals surface area (Å²) in [6.07, 6.45) is -1.42. The first-order valence-electron chi connectivity index (χ1n) is 15.6. The van der Waals surface area contributed by atoms with E-state index in [1.807, 2.05) is 97.1 Å². The molecular formula is C44H34O2. The van der Waals surface area contributed by atoms with Crippen molar-refractivity contribution in [3.63, 3.8) is 0 Å². The van der Waals surface area contributed by atoms with Crippen molar-refractivity contribution in [1.29, 1.82) is 0 Å². The average molecular weight is 595 g/mol. The maximum absolute atomic E-state index is 11.7. The predicted molar refractivity (Wildman–Crippen MR) is 189 cm³/mol. The van der Waals surface area contributed by atoms with Crippen LogP contribution in [0.5, 0.6) is 0 Å². The lowest BCUT2D eigenvalue weighted by Crippen LogP contribution is -2.04. The first kappa shape index (κ1) is 29.2. The van der Waals surface area contributed by atoms with Crippen LogP contribution in [0.15, 0.2) is 182 Å². The zero-order valence-corrected chi connectivity index (χ0v) is 25.4. The highest BCUT2D eigenvalue weighted by atomic mass is 16.3. The van der Waals surface area contributed by atoms with Crippen molar-refractivity contribution in [1.82, 2.24) is 0 Å². The van der Waals surface area contributed by atoms with E-state index in [1.54, 1.807) is 0 Å². The molecule has 0 bridgehead atoms. The largest absolute Gasteiger partial charge is 0.384 e. The molecule has 0 radical (unpaired) electrons. The van der Waals surface area contributed by atoms with Crippen molar-refractivity contribution in [2.45, 2.75) is 12.2 Å². The smallest absolute Gasteiger partial charge is 0.105 e. The second kappa shape index (κ2) is 13.2. The number of aliphatic hydroxyl groups excluding tert-OH is 2. The van der Waals surface area contributed by atoms with E-state index in [9.17, 15) is 10.2 Å². The lowest BCUT2D eigenvalue weighted by molar-refractivity contribution is 0.220. The molecule has 0 saturated heterocycles. The van der Waals surface area contributed by atoms with Crippen LogP contribution in [0, 0.1) is 0 Å². The van der Waals surface area contributed by atoms with E-state index in [2.05, 4.69) is 84.9 Å². The summed E-state index contributed by atoms with van der Waals surface area (Å²) in [7, 11) is 0. The standard InChI is InChI=1S/C44H34O2/c45-43(35-14-5-2-6-15-35)36-28-24-32(25-29-36)38-17-11-16-37(30-38)31-22-26-34(27-23-31)40-19-8-10-21-42(40)44(46)41-20-9-7-18-39(41)33-12-3-1-4-13-33/h1-30,43-46H. The van der Waals surface area contributed by atoms with Gasteiger partial charge in [0.05, 0.1) is 0 Å². The lowest BCUT2D eigenvalue weighted by Gasteiger charge is -2.19. The molecule has 2 atom stereocenters. The van der Waals surface area contributed by atoms with Gasteiger partial charge in [-0.2, -0.15) is 0 Å². The van der Waals surface area contributed by atoms with Crippen LogP contribution in [-0.2, 0) is 0 Å². The Morgan fingerprint density at radius 2 is 0.674 bits per heavy atom. The normalized spacial score (nSPS) is 12.4. The van der Waals surface area contributed by atoms with Crippen molar-refractivity contribution in [2.24, 2.45) is 0 Å². The molecule has 2 unspecified atom stereocenters. The van der Waals surface area contributed by atoms with Gasteiger partial charge in [-0.15, -0.1) is 0 Å². The van der Waals surface area contributed by atoms with E-state index in [1.165, 1.54) is 0 Å². The van der Waals surface area contributed by atoms with Gasteiger partial charge in [0.1, 0.15) is 12.2 Å². The lowest BCUT2D eigenvalue weighted by atomic mass is 9.88. The zero-order valence-electron chi connectivity index (χ0n) is 25.4. The SMILES string of the molecule is OC(c1ccccc1)c1ccc(-c2cccc(-c3ccc(-c4ccccc4C(O)c4ccccc4-c4ccccc4)cc3)c2)cc1. The third kappa shape index (κ3) is 6.05. The van der Waals surface area contributed by atoms with Gasteiger partial charge in [0, 0.05) is 0 Å². The quantitative estimate of drug-likeness (QED) is 0.184. The summed E-state index contributed by atoms with van der Waals surface area (Å²) >= 11 is 0.